The van der Waals surface area contributed by atoms with Crippen LogP contribution >= 0.6 is 15.9 Å². The summed E-state index contributed by atoms with van der Waals surface area (Å²) in [6, 6.07) is 0. The Bertz CT molecular complexity index is 233. The highest BCUT2D eigenvalue weighted by atomic mass is 79.9. The molecule has 2 aliphatic rings. The summed E-state index contributed by atoms with van der Waals surface area (Å²) in [5.74, 6) is -0.448. The van der Waals surface area contributed by atoms with Crippen molar-refractivity contribution in [2.45, 2.75) is 30.5 Å². The van der Waals surface area contributed by atoms with Crippen molar-refractivity contribution in [2.75, 3.05) is 5.33 Å². The van der Waals surface area contributed by atoms with Crippen LogP contribution < -0.4 is 0 Å². The zero-order valence-electron chi connectivity index (χ0n) is 6.59. The minimum Gasteiger partial charge on any atom is -0.455 e. The van der Waals surface area contributed by atoms with E-state index in [0.717, 1.165) is 0 Å². The second kappa shape index (κ2) is 3.20. The lowest BCUT2D eigenvalue weighted by molar-refractivity contribution is -0.159. The molecule has 2 fully saturated rings. The summed E-state index contributed by atoms with van der Waals surface area (Å²) < 4.78 is 9.75. The first-order valence-electron chi connectivity index (χ1n) is 3.93. The highest BCUT2D eigenvalue weighted by Gasteiger charge is 2.61. The van der Waals surface area contributed by atoms with Gasteiger partial charge in [-0.1, -0.05) is 15.9 Å². The van der Waals surface area contributed by atoms with Crippen LogP contribution in [0.2, 0.25) is 0 Å². The van der Waals surface area contributed by atoms with Crippen LogP contribution in [-0.4, -0.2) is 52.0 Å². The van der Waals surface area contributed by atoms with E-state index in [2.05, 4.69) is 15.9 Å². The average Bonchev–Trinajstić information content (AvgIpc) is 2.85. The van der Waals surface area contributed by atoms with Crippen LogP contribution in [0.15, 0.2) is 0 Å². The summed E-state index contributed by atoms with van der Waals surface area (Å²) in [4.78, 5) is 10.9. The fraction of sp³-hybridized carbons (Fsp3) is 0.857. The van der Waals surface area contributed by atoms with Gasteiger partial charge in [0.2, 0.25) is 0 Å². The molecule has 5 atom stereocenters. The predicted octanol–water partition coefficient (Wildman–Crippen LogP) is -1.20. The van der Waals surface area contributed by atoms with Gasteiger partial charge in [-0.05, 0) is 0 Å². The van der Waals surface area contributed by atoms with Crippen LogP contribution in [0.1, 0.15) is 0 Å². The second-order valence-electron chi connectivity index (χ2n) is 3.14. The Morgan fingerprint density at radius 2 is 2.23 bits per heavy atom. The Hall–Kier alpha value is -0.170. The number of hydrogen-bond donors (Lipinski definition) is 2. The number of epoxide rings is 1. The zero-order chi connectivity index (χ0) is 9.59. The highest BCUT2D eigenvalue weighted by Crippen LogP contribution is 2.37. The molecule has 0 aliphatic carbocycles. The molecule has 0 aromatic carbocycles. The molecule has 2 saturated heterocycles. The molecular weight excluding hydrogens is 244 g/mol. The Labute approximate surface area is 82.8 Å². The summed E-state index contributed by atoms with van der Waals surface area (Å²) in [5, 5.41) is 19.0. The highest BCUT2D eigenvalue weighted by molar-refractivity contribution is 9.09. The maximum Gasteiger partial charge on any atom is 0.338 e. The number of cyclic esters (lactones) is 1. The van der Waals surface area contributed by atoms with Crippen molar-refractivity contribution in [1.82, 2.24) is 0 Å². The summed E-state index contributed by atoms with van der Waals surface area (Å²) in [5.41, 5.74) is 0. The number of carbonyl (C=O) groups excluding carboxylic acids is 1. The lowest BCUT2D eigenvalue weighted by Crippen LogP contribution is -2.41. The van der Waals surface area contributed by atoms with Crippen molar-refractivity contribution in [2.24, 2.45) is 0 Å². The lowest BCUT2D eigenvalue weighted by Gasteiger charge is -2.21. The van der Waals surface area contributed by atoms with Crippen LogP contribution in [0.4, 0.5) is 0 Å². The van der Waals surface area contributed by atoms with E-state index < -0.39 is 30.4 Å². The molecule has 0 aromatic heterocycles. The third-order valence-corrected chi connectivity index (χ3v) is 2.89. The molecule has 13 heavy (non-hydrogen) atoms. The molecule has 0 aromatic rings. The van der Waals surface area contributed by atoms with E-state index in [1.54, 1.807) is 0 Å². The molecular formula is C7H9BrO5. The third-order valence-electron chi connectivity index (χ3n) is 2.22. The molecule has 0 spiro atoms. The van der Waals surface area contributed by atoms with Crippen molar-refractivity contribution in [1.29, 1.82) is 0 Å². The number of halogens is 1. The van der Waals surface area contributed by atoms with E-state index in [1.807, 2.05) is 0 Å². The first kappa shape index (κ1) is 9.39. The maximum absolute atomic E-state index is 10.9. The Morgan fingerprint density at radius 1 is 1.54 bits per heavy atom. The van der Waals surface area contributed by atoms with Crippen LogP contribution in [0.25, 0.3) is 0 Å². The van der Waals surface area contributed by atoms with Crippen molar-refractivity contribution in [3.8, 4) is 0 Å². The number of aliphatic hydroxyl groups excluding tert-OH is 2. The van der Waals surface area contributed by atoms with Gasteiger partial charge in [-0.3, -0.25) is 0 Å². The fourth-order valence-electron chi connectivity index (χ4n) is 1.41. The molecule has 2 heterocycles. The van der Waals surface area contributed by atoms with Crippen LogP contribution in [-0.2, 0) is 14.3 Å². The number of rotatable bonds is 3. The van der Waals surface area contributed by atoms with Gasteiger partial charge in [-0.15, -0.1) is 0 Å². The summed E-state index contributed by atoms with van der Waals surface area (Å²) in [6.07, 6.45) is -3.62. The second-order valence-corrected chi connectivity index (χ2v) is 3.78. The topological polar surface area (TPSA) is 79.3 Å². The van der Waals surface area contributed by atoms with E-state index in [-0.39, 0.29) is 11.4 Å². The minimum atomic E-state index is -1.08. The molecule has 74 valence electrons. The molecule has 0 unspecified atom stereocenters. The maximum atomic E-state index is 10.9. The summed E-state index contributed by atoms with van der Waals surface area (Å²) in [7, 11) is 0. The number of fused-ring (bicyclic) bond motifs is 1. The quantitative estimate of drug-likeness (QED) is 0.375. The van der Waals surface area contributed by atoms with Gasteiger partial charge in [0, 0.05) is 5.33 Å². The van der Waals surface area contributed by atoms with Crippen molar-refractivity contribution in [3.05, 3.63) is 0 Å². The minimum absolute atomic E-state index is 0.236. The van der Waals surface area contributed by atoms with E-state index in [9.17, 15) is 15.0 Å². The van der Waals surface area contributed by atoms with E-state index in [4.69, 9.17) is 9.47 Å². The lowest BCUT2D eigenvalue weighted by atomic mass is 10.1. The molecule has 2 rings (SSSR count). The Morgan fingerprint density at radius 3 is 2.62 bits per heavy atom. The first-order chi connectivity index (χ1) is 6.15. The van der Waals surface area contributed by atoms with Crippen molar-refractivity contribution < 1.29 is 24.5 Å². The smallest absolute Gasteiger partial charge is 0.338 e. The van der Waals surface area contributed by atoms with Gasteiger partial charge < -0.3 is 19.7 Å². The SMILES string of the molecule is O=C1O[C@@H]([C@H](O)[C@H](O)CBr)[C@H]2O[C@@H]12. The molecule has 0 bridgehead atoms. The number of carbonyl (C=O) groups is 1. The number of aliphatic hydroxyl groups is 2. The first-order valence-corrected chi connectivity index (χ1v) is 5.05. The number of ether oxygens (including phenoxy) is 2. The van der Waals surface area contributed by atoms with Gasteiger partial charge in [0.25, 0.3) is 0 Å². The van der Waals surface area contributed by atoms with Gasteiger partial charge >= 0.3 is 5.97 Å². The largest absolute Gasteiger partial charge is 0.455 e. The van der Waals surface area contributed by atoms with E-state index >= 15 is 0 Å². The van der Waals surface area contributed by atoms with Gasteiger partial charge in [0.1, 0.15) is 12.2 Å². The molecule has 2 aliphatic heterocycles. The Balaban J connectivity index is 1.98. The average molecular weight is 253 g/mol. The molecule has 6 heteroatoms. The zero-order valence-corrected chi connectivity index (χ0v) is 8.18. The monoisotopic (exact) mass is 252 g/mol. The molecule has 5 nitrogen and oxygen atoms in total. The van der Waals surface area contributed by atoms with Crippen LogP contribution in [0.5, 0.6) is 0 Å². The number of esters is 1. The van der Waals surface area contributed by atoms with Gasteiger partial charge in [-0.2, -0.15) is 0 Å². The standard InChI is InChI=1S/C7H9BrO5/c8-1-2(9)3(10)4-5-6(12-5)7(11)13-4/h2-6,9-10H,1H2/t2-,3-,4+,5-,6-/m1/s1. The van der Waals surface area contributed by atoms with Gasteiger partial charge in [0.05, 0.1) is 6.10 Å². The normalized spacial score (nSPS) is 40.8. The van der Waals surface area contributed by atoms with Gasteiger partial charge in [0.15, 0.2) is 12.2 Å². The molecule has 0 saturated carbocycles. The fourth-order valence-corrected chi connectivity index (χ4v) is 1.79. The van der Waals surface area contributed by atoms with E-state index in [1.165, 1.54) is 0 Å². The van der Waals surface area contributed by atoms with Gasteiger partial charge in [-0.25, -0.2) is 4.79 Å². The number of alkyl halides is 1. The molecule has 0 radical (unpaired) electrons. The molecule has 0 amide bonds. The van der Waals surface area contributed by atoms with Crippen LogP contribution in [0.3, 0.4) is 0 Å². The van der Waals surface area contributed by atoms with Crippen molar-refractivity contribution in [3.63, 3.8) is 0 Å². The summed E-state index contributed by atoms with van der Waals surface area (Å²) >= 11 is 3.02. The predicted molar refractivity (Wildman–Crippen MR) is 44.3 cm³/mol. The summed E-state index contributed by atoms with van der Waals surface area (Å²) in [6.45, 7) is 0. The van der Waals surface area contributed by atoms with Crippen molar-refractivity contribution >= 4 is 21.9 Å². The number of hydrogen-bond acceptors (Lipinski definition) is 5. The third kappa shape index (κ3) is 1.48. The van der Waals surface area contributed by atoms with E-state index in [0.29, 0.717) is 0 Å². The van der Waals surface area contributed by atoms with Crippen LogP contribution in [0, 0.1) is 0 Å². The molecule has 2 N–H and O–H groups in total. The Kier molecular flexibility index (Phi) is 2.31.